The van der Waals surface area contributed by atoms with Gasteiger partial charge in [-0.2, -0.15) is 0 Å². The van der Waals surface area contributed by atoms with Crippen molar-refractivity contribution in [3.63, 3.8) is 0 Å². The number of rotatable bonds is 0. The van der Waals surface area contributed by atoms with E-state index in [0.29, 0.717) is 0 Å². The fourth-order valence-corrected chi connectivity index (χ4v) is 0. The molecule has 0 rings (SSSR count). The molecule has 0 amide bonds. The monoisotopic (exact) mass is 809 g/mol. The summed E-state index contributed by atoms with van der Waals surface area (Å²) in [4.78, 5) is 0. The van der Waals surface area contributed by atoms with Gasteiger partial charge in [0.1, 0.15) is 0 Å². The molecule has 0 aliphatic rings. The predicted octanol–water partition coefficient (Wildman–Crippen LogP) is -0.0225. The van der Waals surface area contributed by atoms with Gasteiger partial charge < -0.3 is 0 Å². The predicted molar refractivity (Wildman–Crippen MR) is 0 cm³/mol. The maximum atomic E-state index is 0. The Hall–Kier alpha value is 7.95. The molecule has 0 nitrogen and oxygen atoms in total. The SMILES string of the molecule is [Zr].[Zr].[Zr].[Zr].[Zr].[Zr].[Zr].[Zr].[Zr]. The smallest absolute Gasteiger partial charge is 0 e. The third-order valence-electron chi connectivity index (χ3n) is 0. The first-order valence-corrected chi connectivity index (χ1v) is 0. The average Bonchev–Trinajstić information content (AvgIpc) is 0. The van der Waals surface area contributed by atoms with E-state index < -0.39 is 0 Å². The summed E-state index contributed by atoms with van der Waals surface area (Å²) in [6, 6.07) is 0. The quantitative estimate of drug-likeness (QED) is 0.323. The molecule has 0 aliphatic heterocycles. The topological polar surface area (TPSA) is 0 Å². The van der Waals surface area contributed by atoms with Gasteiger partial charge in [-0.05, 0) is 0 Å². The van der Waals surface area contributed by atoms with Crippen LogP contribution in [0.5, 0.6) is 0 Å². The van der Waals surface area contributed by atoms with E-state index in [-0.39, 0.29) is 236 Å². The fourth-order valence-electron chi connectivity index (χ4n) is 0. The van der Waals surface area contributed by atoms with Crippen LogP contribution >= 0.6 is 0 Å². The minimum atomic E-state index is 0. The zero-order chi connectivity index (χ0) is 0. The molecule has 0 aliphatic carbocycles. The van der Waals surface area contributed by atoms with E-state index in [1.165, 1.54) is 0 Å². The van der Waals surface area contributed by atoms with Gasteiger partial charge in [0.15, 0.2) is 0 Å². The van der Waals surface area contributed by atoms with Crippen molar-refractivity contribution in [2.75, 3.05) is 0 Å². The van der Waals surface area contributed by atoms with Gasteiger partial charge >= 0.3 is 0 Å². The number of hydrogen-bond donors (Lipinski definition) is 0. The Bertz CT molecular complexity index is 0. The van der Waals surface area contributed by atoms with Crippen LogP contribution < -0.4 is 0 Å². The summed E-state index contributed by atoms with van der Waals surface area (Å²) < 4.78 is 0. The van der Waals surface area contributed by atoms with Gasteiger partial charge in [-0.15, -0.1) is 0 Å². The van der Waals surface area contributed by atoms with Crippen LogP contribution in [0.25, 0.3) is 0 Å². The molecule has 0 radical (unpaired) electrons. The normalized spacial score (nSPS) is 0. The second-order valence-electron chi connectivity index (χ2n) is 0. The average molecular weight is 821 g/mol. The van der Waals surface area contributed by atoms with Crippen molar-refractivity contribution >= 4 is 0 Å². The van der Waals surface area contributed by atoms with E-state index in [1.54, 1.807) is 0 Å². The molecule has 0 aromatic rings. The summed E-state index contributed by atoms with van der Waals surface area (Å²) in [6.07, 6.45) is 0. The molecule has 0 heterocycles. The van der Waals surface area contributed by atoms with Gasteiger partial charge in [-0.25, -0.2) is 0 Å². The second-order valence-corrected chi connectivity index (χ2v) is 0. The molecule has 36 valence electrons. The van der Waals surface area contributed by atoms with E-state index in [9.17, 15) is 0 Å². The van der Waals surface area contributed by atoms with Crippen molar-refractivity contribution in [3.05, 3.63) is 0 Å². The molecule has 0 aromatic heterocycles. The Morgan fingerprint density at radius 3 is 0.111 bits per heavy atom. The minimum Gasteiger partial charge on any atom is 0 e. The van der Waals surface area contributed by atoms with E-state index in [2.05, 4.69) is 0 Å². The summed E-state index contributed by atoms with van der Waals surface area (Å²) in [5, 5.41) is 0. The maximum Gasteiger partial charge on any atom is 0 e. The van der Waals surface area contributed by atoms with Crippen LogP contribution in [0, 0.1) is 0 Å². The van der Waals surface area contributed by atoms with Crippen molar-refractivity contribution in [2.24, 2.45) is 0 Å². The number of hydrogen-bond acceptors (Lipinski definition) is 0. The molecule has 0 aromatic carbocycles. The third-order valence-corrected chi connectivity index (χ3v) is 0. The molecule has 0 spiro atoms. The van der Waals surface area contributed by atoms with E-state index in [4.69, 9.17) is 0 Å². The van der Waals surface area contributed by atoms with Crippen molar-refractivity contribution in [1.29, 1.82) is 0 Å². The largest absolute Gasteiger partial charge is 0 e. The third kappa shape index (κ3) is 49.1. The Morgan fingerprint density at radius 1 is 0.111 bits per heavy atom. The Balaban J connectivity index is 0. The molecular formula is Zr9. The van der Waals surface area contributed by atoms with Crippen LogP contribution in [0.15, 0.2) is 0 Å². The molecule has 0 unspecified atom stereocenters. The molecule has 0 fully saturated rings. The molecule has 9 heteroatoms. The van der Waals surface area contributed by atoms with Crippen molar-refractivity contribution < 1.29 is 236 Å². The van der Waals surface area contributed by atoms with Crippen LogP contribution in [-0.2, 0) is 236 Å². The summed E-state index contributed by atoms with van der Waals surface area (Å²) in [5.74, 6) is 0. The van der Waals surface area contributed by atoms with Crippen LogP contribution in [0.2, 0.25) is 0 Å². The van der Waals surface area contributed by atoms with Crippen LogP contribution in [0.3, 0.4) is 0 Å². The standard InChI is InChI=1S/9Zr. The first-order chi connectivity index (χ1) is 0. The molecule has 0 saturated carbocycles. The van der Waals surface area contributed by atoms with E-state index >= 15 is 0 Å². The van der Waals surface area contributed by atoms with Gasteiger partial charge in [0, 0.05) is 236 Å². The Labute approximate surface area is 229 Å². The van der Waals surface area contributed by atoms with Crippen molar-refractivity contribution in [1.82, 2.24) is 0 Å². The summed E-state index contributed by atoms with van der Waals surface area (Å²) in [6.45, 7) is 0. The molecule has 0 bridgehead atoms. The molecule has 0 atom stereocenters. The van der Waals surface area contributed by atoms with Crippen LogP contribution in [-0.4, -0.2) is 0 Å². The van der Waals surface area contributed by atoms with Crippen molar-refractivity contribution in [2.45, 2.75) is 0 Å². The summed E-state index contributed by atoms with van der Waals surface area (Å²) in [7, 11) is 0. The van der Waals surface area contributed by atoms with Crippen LogP contribution in [0.1, 0.15) is 0 Å². The zero-order valence-corrected chi connectivity index (χ0v) is 26.6. The Morgan fingerprint density at radius 2 is 0.111 bits per heavy atom. The zero-order valence-electron chi connectivity index (χ0n) is 4.50. The first kappa shape index (κ1) is 68.2. The molecule has 9 heavy (non-hydrogen) atoms. The Kier molecular flexibility index (Phi) is 428. The molecular weight excluding hydrogens is 821 g/mol. The first-order valence-electron chi connectivity index (χ1n) is 0. The van der Waals surface area contributed by atoms with Gasteiger partial charge in [0.2, 0.25) is 0 Å². The fraction of sp³-hybridized carbons (Fsp3) is 0. The van der Waals surface area contributed by atoms with Crippen molar-refractivity contribution in [3.8, 4) is 0 Å². The summed E-state index contributed by atoms with van der Waals surface area (Å²) in [5.41, 5.74) is 0. The van der Waals surface area contributed by atoms with E-state index in [0.717, 1.165) is 0 Å². The van der Waals surface area contributed by atoms with E-state index in [1.807, 2.05) is 0 Å². The summed E-state index contributed by atoms with van der Waals surface area (Å²) >= 11 is 0. The van der Waals surface area contributed by atoms with Gasteiger partial charge in [-0.1, -0.05) is 0 Å². The van der Waals surface area contributed by atoms with Gasteiger partial charge in [-0.3, -0.25) is 0 Å². The van der Waals surface area contributed by atoms with Gasteiger partial charge in [0.25, 0.3) is 0 Å². The maximum absolute atomic E-state index is 0. The molecule has 0 saturated heterocycles. The minimum absolute atomic E-state index is 0. The second kappa shape index (κ2) is 56.4. The van der Waals surface area contributed by atoms with Gasteiger partial charge in [0.05, 0.1) is 0 Å². The van der Waals surface area contributed by atoms with Crippen LogP contribution in [0.4, 0.5) is 0 Å². The molecule has 0 N–H and O–H groups in total.